The van der Waals surface area contributed by atoms with Crippen molar-refractivity contribution >= 4 is 11.6 Å². The Kier molecular flexibility index (Phi) is 3.21. The second kappa shape index (κ2) is 3.72. The molecule has 0 radical (unpaired) electrons. The summed E-state index contributed by atoms with van der Waals surface area (Å²) in [7, 11) is 0. The fourth-order valence-corrected chi connectivity index (χ4v) is 2.16. The molecule has 78 valence electrons. The third kappa shape index (κ3) is 3.41. The average Bonchev–Trinajstić information content (AvgIpc) is 2.29. The molecular formula is C10H17ClF2. The molecule has 1 atom stereocenters. The van der Waals surface area contributed by atoms with Crippen molar-refractivity contribution in [2.45, 2.75) is 45.5 Å². The van der Waals surface area contributed by atoms with Crippen molar-refractivity contribution in [1.29, 1.82) is 0 Å². The minimum Gasteiger partial charge on any atom is -0.207 e. The first-order chi connectivity index (χ1) is 5.85. The van der Waals surface area contributed by atoms with Gasteiger partial charge in [-0.2, -0.15) is 0 Å². The van der Waals surface area contributed by atoms with Crippen LogP contribution in [0.25, 0.3) is 0 Å². The third-order valence-electron chi connectivity index (χ3n) is 2.71. The standard InChI is InChI=1S/C10H17ClF2/c1-9(2,7-11)5-8-3-4-10(12,13)6-8/h8H,3-7H2,1-2H3. The van der Waals surface area contributed by atoms with E-state index in [9.17, 15) is 8.78 Å². The lowest BCUT2D eigenvalue weighted by molar-refractivity contribution is 0.00345. The quantitative estimate of drug-likeness (QED) is 0.616. The topological polar surface area (TPSA) is 0 Å². The highest BCUT2D eigenvalue weighted by Gasteiger charge is 2.40. The molecule has 0 aliphatic heterocycles. The van der Waals surface area contributed by atoms with Crippen LogP contribution >= 0.6 is 11.6 Å². The molecule has 0 aromatic rings. The smallest absolute Gasteiger partial charge is 0.207 e. The van der Waals surface area contributed by atoms with Gasteiger partial charge < -0.3 is 0 Å². The predicted octanol–water partition coefficient (Wildman–Crippen LogP) is 4.08. The van der Waals surface area contributed by atoms with E-state index in [-0.39, 0.29) is 24.2 Å². The summed E-state index contributed by atoms with van der Waals surface area (Å²) in [5.74, 6) is -1.69. The van der Waals surface area contributed by atoms with Crippen LogP contribution in [0.5, 0.6) is 0 Å². The van der Waals surface area contributed by atoms with E-state index in [1.807, 2.05) is 13.8 Å². The van der Waals surface area contributed by atoms with Gasteiger partial charge in [0.25, 0.3) is 0 Å². The highest BCUT2D eigenvalue weighted by atomic mass is 35.5. The van der Waals surface area contributed by atoms with Crippen molar-refractivity contribution < 1.29 is 8.78 Å². The van der Waals surface area contributed by atoms with E-state index in [1.165, 1.54) is 0 Å². The molecule has 1 rings (SSSR count). The number of hydrogen-bond donors (Lipinski definition) is 0. The molecule has 0 heterocycles. The first-order valence-corrected chi connectivity index (χ1v) is 5.32. The van der Waals surface area contributed by atoms with Crippen molar-refractivity contribution in [2.24, 2.45) is 11.3 Å². The van der Waals surface area contributed by atoms with Crippen LogP contribution in [0.1, 0.15) is 39.5 Å². The fraction of sp³-hybridized carbons (Fsp3) is 1.00. The van der Waals surface area contributed by atoms with Crippen LogP contribution in [0.2, 0.25) is 0 Å². The van der Waals surface area contributed by atoms with Crippen molar-refractivity contribution in [2.75, 3.05) is 5.88 Å². The molecule has 3 heteroatoms. The maximum absolute atomic E-state index is 12.8. The Morgan fingerprint density at radius 1 is 1.46 bits per heavy atom. The Balaban J connectivity index is 2.40. The Morgan fingerprint density at radius 2 is 2.08 bits per heavy atom. The summed E-state index contributed by atoms with van der Waals surface area (Å²) in [6.45, 7) is 4.08. The Morgan fingerprint density at radius 3 is 2.46 bits per heavy atom. The largest absolute Gasteiger partial charge is 0.248 e. The van der Waals surface area contributed by atoms with Gasteiger partial charge in [0.1, 0.15) is 0 Å². The van der Waals surface area contributed by atoms with Crippen LogP contribution in [0, 0.1) is 11.3 Å². The minimum absolute atomic E-state index is 0.00659. The Labute approximate surface area is 83.7 Å². The van der Waals surface area contributed by atoms with E-state index in [0.717, 1.165) is 6.42 Å². The second-order valence-electron chi connectivity index (χ2n) is 4.97. The van der Waals surface area contributed by atoms with Crippen molar-refractivity contribution in [1.82, 2.24) is 0 Å². The van der Waals surface area contributed by atoms with Crippen molar-refractivity contribution in [3.63, 3.8) is 0 Å². The summed E-state index contributed by atoms with van der Waals surface area (Å²) in [4.78, 5) is 0. The third-order valence-corrected chi connectivity index (χ3v) is 3.43. The van der Waals surface area contributed by atoms with Gasteiger partial charge in [0.05, 0.1) is 0 Å². The number of rotatable bonds is 3. The van der Waals surface area contributed by atoms with Gasteiger partial charge in [-0.15, -0.1) is 11.6 Å². The van der Waals surface area contributed by atoms with E-state index in [0.29, 0.717) is 12.3 Å². The average molecular weight is 211 g/mol. The normalized spacial score (nSPS) is 27.9. The molecule has 0 amide bonds. The number of halogens is 3. The molecule has 0 spiro atoms. The molecular weight excluding hydrogens is 194 g/mol. The lowest BCUT2D eigenvalue weighted by atomic mass is 9.84. The maximum Gasteiger partial charge on any atom is 0.248 e. The summed E-state index contributed by atoms with van der Waals surface area (Å²) in [5, 5.41) is 0. The Hall–Kier alpha value is 0.150. The molecule has 1 aliphatic rings. The molecule has 0 bridgehead atoms. The Bertz CT molecular complexity index is 178. The lowest BCUT2D eigenvalue weighted by Crippen LogP contribution is -2.18. The highest BCUT2D eigenvalue weighted by molar-refractivity contribution is 6.18. The molecule has 0 nitrogen and oxygen atoms in total. The van der Waals surface area contributed by atoms with Crippen LogP contribution in [0.15, 0.2) is 0 Å². The van der Waals surface area contributed by atoms with E-state index in [4.69, 9.17) is 11.6 Å². The summed E-state index contributed by atoms with van der Waals surface area (Å²) >= 11 is 5.76. The van der Waals surface area contributed by atoms with Gasteiger partial charge in [0, 0.05) is 18.7 Å². The van der Waals surface area contributed by atoms with Crippen LogP contribution in [0.4, 0.5) is 8.78 Å². The number of alkyl halides is 3. The van der Waals surface area contributed by atoms with Gasteiger partial charge in [-0.1, -0.05) is 13.8 Å². The molecule has 0 saturated heterocycles. The van der Waals surface area contributed by atoms with Gasteiger partial charge >= 0.3 is 0 Å². The second-order valence-corrected chi connectivity index (χ2v) is 5.23. The van der Waals surface area contributed by atoms with Crippen molar-refractivity contribution in [3.05, 3.63) is 0 Å². The highest BCUT2D eigenvalue weighted by Crippen LogP contribution is 2.43. The molecule has 13 heavy (non-hydrogen) atoms. The summed E-state index contributed by atoms with van der Waals surface area (Å²) < 4.78 is 25.7. The number of hydrogen-bond acceptors (Lipinski definition) is 0. The van der Waals surface area contributed by atoms with Crippen molar-refractivity contribution in [3.8, 4) is 0 Å². The zero-order valence-corrected chi connectivity index (χ0v) is 9.00. The van der Waals surface area contributed by atoms with Crippen LogP contribution in [-0.4, -0.2) is 11.8 Å². The lowest BCUT2D eigenvalue weighted by Gasteiger charge is -2.25. The predicted molar refractivity (Wildman–Crippen MR) is 51.4 cm³/mol. The van der Waals surface area contributed by atoms with Crippen LogP contribution < -0.4 is 0 Å². The molecule has 1 unspecified atom stereocenters. The molecule has 1 aliphatic carbocycles. The molecule has 0 aromatic carbocycles. The molecule has 1 saturated carbocycles. The van der Waals surface area contributed by atoms with Gasteiger partial charge in [0.2, 0.25) is 5.92 Å². The molecule has 0 N–H and O–H groups in total. The van der Waals surface area contributed by atoms with Gasteiger partial charge in [-0.3, -0.25) is 0 Å². The van der Waals surface area contributed by atoms with Gasteiger partial charge in [-0.05, 0) is 24.2 Å². The first-order valence-electron chi connectivity index (χ1n) is 4.78. The SMILES string of the molecule is CC(C)(CCl)CC1CCC(F)(F)C1. The van der Waals surface area contributed by atoms with E-state index in [2.05, 4.69) is 0 Å². The monoisotopic (exact) mass is 210 g/mol. The van der Waals surface area contributed by atoms with Gasteiger partial charge in [-0.25, -0.2) is 8.78 Å². The fourth-order valence-electron chi connectivity index (χ4n) is 2.05. The summed E-state index contributed by atoms with van der Waals surface area (Å²) in [6, 6.07) is 0. The minimum atomic E-state index is -2.41. The van der Waals surface area contributed by atoms with E-state index in [1.54, 1.807) is 0 Å². The first kappa shape index (κ1) is 11.2. The molecule has 0 aromatic heterocycles. The zero-order valence-electron chi connectivity index (χ0n) is 8.25. The zero-order chi connectivity index (χ0) is 10.1. The van der Waals surface area contributed by atoms with Crippen LogP contribution in [-0.2, 0) is 0 Å². The maximum atomic E-state index is 12.8. The van der Waals surface area contributed by atoms with E-state index >= 15 is 0 Å². The summed E-state index contributed by atoms with van der Waals surface area (Å²) in [5.41, 5.74) is 0.00659. The van der Waals surface area contributed by atoms with E-state index < -0.39 is 5.92 Å². The summed E-state index contributed by atoms with van der Waals surface area (Å²) in [6.07, 6.45) is 1.61. The van der Waals surface area contributed by atoms with Gasteiger partial charge in [0.15, 0.2) is 0 Å². The molecule has 1 fully saturated rings. The van der Waals surface area contributed by atoms with Crippen LogP contribution in [0.3, 0.4) is 0 Å².